The molecule has 2 aromatic carbocycles. The monoisotopic (exact) mass is 411 g/mol. The maximum Gasteiger partial charge on any atom is 0.265 e. The second-order valence-electron chi connectivity index (χ2n) is 7.06. The van der Waals surface area contributed by atoms with Crippen LogP contribution in [-0.2, 0) is 14.4 Å². The van der Waals surface area contributed by atoms with E-state index >= 15 is 0 Å². The standard InChI is InChI=1S/C21H21N3O4S/c1-12-20(26)23-17-9-14(6-7-18(17)28-12)22-21(27)13-8-19(25)24(11-13)15-4-3-5-16(10-15)29-2/h3-7,9-10,12-13H,8,11H2,1-2H3,(H,22,27)(H,23,26)/t12-,13+/m1/s1. The summed E-state index contributed by atoms with van der Waals surface area (Å²) in [6.07, 6.45) is 1.59. The highest BCUT2D eigenvalue weighted by atomic mass is 32.2. The van der Waals surface area contributed by atoms with Crippen molar-refractivity contribution in [3.63, 3.8) is 0 Å². The molecule has 2 aliphatic heterocycles. The highest BCUT2D eigenvalue weighted by Crippen LogP contribution is 2.33. The van der Waals surface area contributed by atoms with E-state index in [1.165, 1.54) is 0 Å². The number of benzene rings is 2. The number of rotatable bonds is 4. The quantitative estimate of drug-likeness (QED) is 0.755. The Balaban J connectivity index is 1.45. The minimum Gasteiger partial charge on any atom is -0.479 e. The molecule has 0 saturated carbocycles. The molecule has 0 aromatic heterocycles. The molecule has 0 spiro atoms. The second kappa shape index (κ2) is 7.79. The molecule has 1 saturated heterocycles. The zero-order valence-corrected chi connectivity index (χ0v) is 16.9. The van der Waals surface area contributed by atoms with Gasteiger partial charge in [0.25, 0.3) is 5.91 Å². The summed E-state index contributed by atoms with van der Waals surface area (Å²) >= 11 is 1.61. The summed E-state index contributed by atoms with van der Waals surface area (Å²) in [5.74, 6) is -0.402. The van der Waals surface area contributed by atoms with Crippen molar-refractivity contribution in [3.05, 3.63) is 42.5 Å². The van der Waals surface area contributed by atoms with Gasteiger partial charge in [0.05, 0.1) is 11.6 Å². The van der Waals surface area contributed by atoms with Gasteiger partial charge >= 0.3 is 0 Å². The van der Waals surface area contributed by atoms with Gasteiger partial charge in [-0.25, -0.2) is 0 Å². The van der Waals surface area contributed by atoms with Crippen LogP contribution in [0.1, 0.15) is 13.3 Å². The van der Waals surface area contributed by atoms with Crippen molar-refractivity contribution >= 4 is 46.5 Å². The van der Waals surface area contributed by atoms with Crippen molar-refractivity contribution < 1.29 is 19.1 Å². The molecule has 0 unspecified atom stereocenters. The molecule has 150 valence electrons. The van der Waals surface area contributed by atoms with Crippen LogP contribution in [0.4, 0.5) is 17.1 Å². The number of ether oxygens (including phenoxy) is 1. The van der Waals surface area contributed by atoms with Crippen molar-refractivity contribution in [1.29, 1.82) is 0 Å². The van der Waals surface area contributed by atoms with E-state index in [1.807, 2.05) is 30.5 Å². The molecule has 0 bridgehead atoms. The number of anilines is 3. The molecule has 2 heterocycles. The first kappa shape index (κ1) is 19.3. The van der Waals surface area contributed by atoms with E-state index in [0.717, 1.165) is 10.6 Å². The molecule has 2 aliphatic rings. The van der Waals surface area contributed by atoms with Crippen molar-refractivity contribution in [2.75, 3.05) is 28.3 Å². The molecule has 0 radical (unpaired) electrons. The van der Waals surface area contributed by atoms with Gasteiger partial charge < -0.3 is 20.3 Å². The Morgan fingerprint density at radius 2 is 2.07 bits per heavy atom. The lowest BCUT2D eigenvalue weighted by molar-refractivity contribution is -0.122. The third-order valence-electron chi connectivity index (χ3n) is 5.04. The van der Waals surface area contributed by atoms with Crippen LogP contribution in [0, 0.1) is 5.92 Å². The van der Waals surface area contributed by atoms with Gasteiger partial charge in [-0.2, -0.15) is 0 Å². The maximum absolute atomic E-state index is 12.7. The lowest BCUT2D eigenvalue weighted by atomic mass is 10.1. The Labute approximate surface area is 172 Å². The minimum absolute atomic E-state index is 0.0662. The molecule has 4 rings (SSSR count). The molecule has 2 atom stereocenters. The Kier molecular flexibility index (Phi) is 5.19. The van der Waals surface area contributed by atoms with Crippen LogP contribution in [0.5, 0.6) is 5.75 Å². The first-order chi connectivity index (χ1) is 13.9. The molecule has 2 N–H and O–H groups in total. The summed E-state index contributed by atoms with van der Waals surface area (Å²) in [6, 6.07) is 12.8. The van der Waals surface area contributed by atoms with Crippen LogP contribution in [0.15, 0.2) is 47.4 Å². The van der Waals surface area contributed by atoms with Gasteiger partial charge in [-0.15, -0.1) is 11.8 Å². The fourth-order valence-electron chi connectivity index (χ4n) is 3.44. The summed E-state index contributed by atoms with van der Waals surface area (Å²) in [5, 5.41) is 5.61. The van der Waals surface area contributed by atoms with Crippen molar-refractivity contribution in [2.24, 2.45) is 5.92 Å². The van der Waals surface area contributed by atoms with Crippen molar-refractivity contribution in [1.82, 2.24) is 0 Å². The van der Waals surface area contributed by atoms with Gasteiger partial charge in [0.1, 0.15) is 5.75 Å². The number of hydrogen-bond donors (Lipinski definition) is 2. The average Bonchev–Trinajstić information content (AvgIpc) is 3.11. The number of thioether (sulfide) groups is 1. The number of carbonyl (C=O) groups is 3. The molecular formula is C21H21N3O4S. The maximum atomic E-state index is 12.7. The lowest BCUT2D eigenvalue weighted by Crippen LogP contribution is -2.34. The van der Waals surface area contributed by atoms with E-state index < -0.39 is 12.0 Å². The van der Waals surface area contributed by atoms with Crippen molar-refractivity contribution in [3.8, 4) is 5.75 Å². The number of nitrogens with zero attached hydrogens (tertiary/aromatic N) is 1. The molecule has 7 nitrogen and oxygen atoms in total. The Bertz CT molecular complexity index is 994. The van der Waals surface area contributed by atoms with Crippen LogP contribution < -0.4 is 20.3 Å². The van der Waals surface area contributed by atoms with Gasteiger partial charge in [0.15, 0.2) is 6.10 Å². The third kappa shape index (κ3) is 3.93. The zero-order valence-electron chi connectivity index (χ0n) is 16.1. The summed E-state index contributed by atoms with van der Waals surface area (Å²) in [4.78, 5) is 39.7. The molecule has 0 aliphatic carbocycles. The largest absolute Gasteiger partial charge is 0.479 e. The number of carbonyl (C=O) groups excluding carboxylic acids is 3. The predicted octanol–water partition coefficient (Wildman–Crippen LogP) is 3.12. The second-order valence-corrected chi connectivity index (χ2v) is 7.94. The summed E-state index contributed by atoms with van der Waals surface area (Å²) in [6.45, 7) is 2.01. The normalized spacial score (nSPS) is 20.7. The van der Waals surface area contributed by atoms with Crippen LogP contribution in [0.25, 0.3) is 0 Å². The van der Waals surface area contributed by atoms with E-state index in [2.05, 4.69) is 10.6 Å². The van der Waals surface area contributed by atoms with Crippen LogP contribution in [-0.4, -0.2) is 36.6 Å². The fraction of sp³-hybridized carbons (Fsp3) is 0.286. The SMILES string of the molecule is CSc1cccc(N2C[C@@H](C(=O)Nc3ccc4c(c3)NC(=O)[C@@H](C)O4)CC2=O)c1. The average molecular weight is 411 g/mol. The van der Waals surface area contributed by atoms with Crippen molar-refractivity contribution in [2.45, 2.75) is 24.3 Å². The van der Waals surface area contributed by atoms with E-state index in [9.17, 15) is 14.4 Å². The van der Waals surface area contributed by atoms with E-state index in [4.69, 9.17) is 4.74 Å². The topological polar surface area (TPSA) is 87.7 Å². The van der Waals surface area contributed by atoms with Crippen LogP contribution >= 0.6 is 11.8 Å². The Hall–Kier alpha value is -3.00. The number of hydrogen-bond acceptors (Lipinski definition) is 5. The summed E-state index contributed by atoms with van der Waals surface area (Å²) < 4.78 is 5.52. The highest BCUT2D eigenvalue weighted by Gasteiger charge is 2.35. The molecular weight excluding hydrogens is 390 g/mol. The number of amides is 3. The Morgan fingerprint density at radius 1 is 1.24 bits per heavy atom. The van der Waals surface area contributed by atoms with Gasteiger partial charge in [-0.05, 0) is 49.6 Å². The first-order valence-electron chi connectivity index (χ1n) is 9.31. The molecule has 1 fully saturated rings. The minimum atomic E-state index is -0.553. The van der Waals surface area contributed by atoms with Gasteiger partial charge in [0, 0.05) is 29.2 Å². The fourth-order valence-corrected chi connectivity index (χ4v) is 3.90. The van der Waals surface area contributed by atoms with Gasteiger partial charge in [0.2, 0.25) is 11.8 Å². The highest BCUT2D eigenvalue weighted by molar-refractivity contribution is 7.98. The molecule has 3 amide bonds. The number of nitrogens with one attached hydrogen (secondary N) is 2. The molecule has 29 heavy (non-hydrogen) atoms. The number of fused-ring (bicyclic) bond motifs is 1. The first-order valence-corrected chi connectivity index (χ1v) is 10.5. The lowest BCUT2D eigenvalue weighted by Gasteiger charge is -2.24. The van der Waals surface area contributed by atoms with Crippen LogP contribution in [0.3, 0.4) is 0 Å². The summed E-state index contributed by atoms with van der Waals surface area (Å²) in [7, 11) is 0. The molecule has 2 aromatic rings. The van der Waals surface area contributed by atoms with Gasteiger partial charge in [-0.3, -0.25) is 14.4 Å². The van der Waals surface area contributed by atoms with E-state index in [-0.39, 0.29) is 24.1 Å². The Morgan fingerprint density at radius 3 is 2.86 bits per heavy atom. The van der Waals surface area contributed by atoms with Crippen LogP contribution in [0.2, 0.25) is 0 Å². The van der Waals surface area contributed by atoms with Gasteiger partial charge in [-0.1, -0.05) is 6.07 Å². The predicted molar refractivity (Wildman–Crippen MR) is 112 cm³/mol. The summed E-state index contributed by atoms with van der Waals surface area (Å²) in [5.41, 5.74) is 1.87. The zero-order chi connectivity index (χ0) is 20.5. The third-order valence-corrected chi connectivity index (χ3v) is 5.76. The molecule has 8 heteroatoms. The smallest absolute Gasteiger partial charge is 0.265 e. The van der Waals surface area contributed by atoms with E-state index in [0.29, 0.717) is 23.7 Å². The van der Waals surface area contributed by atoms with E-state index in [1.54, 1.807) is 41.8 Å².